The molecule has 0 spiro atoms. The summed E-state index contributed by atoms with van der Waals surface area (Å²) in [7, 11) is 0. The van der Waals surface area contributed by atoms with Gasteiger partial charge in [0.05, 0.1) is 0 Å². The number of benzene rings is 2. The second-order valence-corrected chi connectivity index (χ2v) is 10.2. The van der Waals surface area contributed by atoms with E-state index in [9.17, 15) is 8.78 Å². The Morgan fingerprint density at radius 1 is 0.848 bits per heavy atom. The first-order chi connectivity index (χ1) is 16.1. The standard InChI is InChI=1S/C30H38F2O/c1-3-5-21-6-8-22(9-7-21)23-10-12-24(13-11-23)25-14-16-26(17-15-25)27-19-28(31)30(29(32)20-27)33-18-4-2/h4,14-17,19-24H,2-3,5-13,18H2,1H3. The van der Waals surface area contributed by atoms with E-state index in [1.54, 1.807) is 0 Å². The fourth-order valence-electron chi connectivity index (χ4n) is 6.23. The first kappa shape index (κ1) is 24.0. The van der Waals surface area contributed by atoms with Crippen molar-refractivity contribution in [2.75, 3.05) is 6.61 Å². The van der Waals surface area contributed by atoms with Gasteiger partial charge in [-0.25, -0.2) is 8.78 Å². The molecule has 0 N–H and O–H groups in total. The molecule has 2 aromatic rings. The Bertz CT molecular complexity index is 880. The maximum atomic E-state index is 14.3. The maximum absolute atomic E-state index is 14.3. The van der Waals surface area contributed by atoms with Crippen molar-refractivity contribution in [2.24, 2.45) is 17.8 Å². The molecule has 2 aliphatic carbocycles. The predicted octanol–water partition coefficient (Wildman–Crippen LogP) is 9.08. The summed E-state index contributed by atoms with van der Waals surface area (Å²) >= 11 is 0. The molecule has 2 aliphatic rings. The smallest absolute Gasteiger partial charge is 0.191 e. The third kappa shape index (κ3) is 5.86. The van der Waals surface area contributed by atoms with Crippen LogP contribution in [0.3, 0.4) is 0 Å². The van der Waals surface area contributed by atoms with Crippen molar-refractivity contribution in [2.45, 2.75) is 77.0 Å². The molecule has 0 bridgehead atoms. The van der Waals surface area contributed by atoms with Crippen LogP contribution in [0.15, 0.2) is 49.1 Å². The highest BCUT2D eigenvalue weighted by molar-refractivity contribution is 5.65. The van der Waals surface area contributed by atoms with Crippen LogP contribution in [-0.2, 0) is 0 Å². The molecule has 2 fully saturated rings. The van der Waals surface area contributed by atoms with E-state index in [-0.39, 0.29) is 12.4 Å². The maximum Gasteiger partial charge on any atom is 0.191 e. The monoisotopic (exact) mass is 452 g/mol. The number of hydrogen-bond donors (Lipinski definition) is 0. The Morgan fingerprint density at radius 3 is 1.97 bits per heavy atom. The van der Waals surface area contributed by atoms with Gasteiger partial charge in [-0.1, -0.05) is 69.5 Å². The molecule has 0 unspecified atom stereocenters. The average Bonchev–Trinajstić information content (AvgIpc) is 2.84. The van der Waals surface area contributed by atoms with Gasteiger partial charge in [-0.2, -0.15) is 0 Å². The fourth-order valence-corrected chi connectivity index (χ4v) is 6.23. The Morgan fingerprint density at radius 2 is 1.42 bits per heavy atom. The molecule has 0 saturated heterocycles. The molecule has 0 atom stereocenters. The van der Waals surface area contributed by atoms with Crippen molar-refractivity contribution in [1.29, 1.82) is 0 Å². The lowest BCUT2D eigenvalue weighted by Gasteiger charge is -2.38. The second kappa shape index (κ2) is 11.3. The van der Waals surface area contributed by atoms with Gasteiger partial charge in [-0.05, 0) is 91.0 Å². The first-order valence-corrected chi connectivity index (χ1v) is 12.9. The zero-order valence-corrected chi connectivity index (χ0v) is 20.0. The number of rotatable bonds is 8. The van der Waals surface area contributed by atoms with Gasteiger partial charge < -0.3 is 4.74 Å². The molecule has 33 heavy (non-hydrogen) atoms. The van der Waals surface area contributed by atoms with Crippen LogP contribution in [0.5, 0.6) is 5.75 Å². The fraction of sp³-hybridized carbons (Fsp3) is 0.533. The van der Waals surface area contributed by atoms with Crippen molar-refractivity contribution < 1.29 is 13.5 Å². The van der Waals surface area contributed by atoms with E-state index in [0.717, 1.165) is 23.3 Å². The van der Waals surface area contributed by atoms with E-state index in [1.807, 2.05) is 12.1 Å². The van der Waals surface area contributed by atoms with Gasteiger partial charge in [0.15, 0.2) is 17.4 Å². The van der Waals surface area contributed by atoms with Crippen molar-refractivity contribution in [3.05, 3.63) is 66.3 Å². The summed E-state index contributed by atoms with van der Waals surface area (Å²) in [6.45, 7) is 5.90. The SMILES string of the molecule is C=CCOc1c(F)cc(-c2ccc(C3CCC(C4CCC(CCC)CC4)CC3)cc2)cc1F. The summed E-state index contributed by atoms with van der Waals surface area (Å²) < 4.78 is 33.8. The lowest BCUT2D eigenvalue weighted by molar-refractivity contribution is 0.156. The first-order valence-electron chi connectivity index (χ1n) is 12.9. The zero-order valence-electron chi connectivity index (χ0n) is 20.0. The minimum Gasteiger partial charge on any atom is -0.483 e. The van der Waals surface area contributed by atoms with E-state index in [2.05, 4.69) is 25.6 Å². The van der Waals surface area contributed by atoms with Crippen LogP contribution in [0.25, 0.3) is 11.1 Å². The van der Waals surface area contributed by atoms with E-state index in [4.69, 9.17) is 4.74 Å². The average molecular weight is 453 g/mol. The van der Waals surface area contributed by atoms with Crippen molar-refractivity contribution in [3.63, 3.8) is 0 Å². The molecule has 0 aliphatic heterocycles. The quantitative estimate of drug-likeness (QED) is 0.363. The number of hydrogen-bond acceptors (Lipinski definition) is 1. The van der Waals surface area contributed by atoms with Crippen LogP contribution in [0.2, 0.25) is 0 Å². The van der Waals surface area contributed by atoms with Crippen molar-refractivity contribution in [1.82, 2.24) is 0 Å². The zero-order chi connectivity index (χ0) is 23.2. The molecular formula is C30H38F2O. The minimum atomic E-state index is -0.682. The van der Waals surface area contributed by atoms with Crippen LogP contribution < -0.4 is 4.74 Å². The van der Waals surface area contributed by atoms with Gasteiger partial charge in [0.25, 0.3) is 0 Å². The Labute approximate surface area is 198 Å². The van der Waals surface area contributed by atoms with Crippen molar-refractivity contribution in [3.8, 4) is 16.9 Å². The van der Waals surface area contributed by atoms with Crippen LogP contribution in [0.4, 0.5) is 8.78 Å². The summed E-state index contributed by atoms with van der Waals surface area (Å²) in [6.07, 6.45) is 15.2. The minimum absolute atomic E-state index is 0.0737. The molecule has 0 aromatic heterocycles. The van der Waals surface area contributed by atoms with Crippen LogP contribution >= 0.6 is 0 Å². The molecule has 178 valence electrons. The topological polar surface area (TPSA) is 9.23 Å². The van der Waals surface area contributed by atoms with Crippen LogP contribution in [0, 0.1) is 29.4 Å². The summed E-state index contributed by atoms with van der Waals surface area (Å²) in [5.41, 5.74) is 2.71. The predicted molar refractivity (Wildman–Crippen MR) is 133 cm³/mol. The van der Waals surface area contributed by atoms with Gasteiger partial charge in [0.2, 0.25) is 0 Å². The van der Waals surface area contributed by atoms with E-state index < -0.39 is 11.6 Å². The van der Waals surface area contributed by atoms with Crippen molar-refractivity contribution >= 4 is 0 Å². The third-order valence-electron chi connectivity index (χ3n) is 8.09. The summed E-state index contributed by atoms with van der Waals surface area (Å²) in [5, 5.41) is 0. The lowest BCUT2D eigenvalue weighted by Crippen LogP contribution is -2.25. The Hall–Kier alpha value is -2.16. The molecule has 3 heteroatoms. The molecule has 2 aromatic carbocycles. The molecule has 0 heterocycles. The molecule has 0 amide bonds. The van der Waals surface area contributed by atoms with Crippen LogP contribution in [0.1, 0.15) is 82.6 Å². The third-order valence-corrected chi connectivity index (χ3v) is 8.09. The normalized spacial score (nSPS) is 25.5. The van der Waals surface area contributed by atoms with Gasteiger partial charge in [-0.3, -0.25) is 0 Å². The van der Waals surface area contributed by atoms with Crippen LogP contribution in [-0.4, -0.2) is 6.61 Å². The highest BCUT2D eigenvalue weighted by Gasteiger charge is 2.31. The summed E-state index contributed by atoms with van der Waals surface area (Å²) in [4.78, 5) is 0. The molecule has 0 radical (unpaired) electrons. The number of halogens is 2. The summed E-state index contributed by atoms with van der Waals surface area (Å²) in [5.74, 6) is 1.75. The number of ether oxygens (including phenoxy) is 1. The largest absolute Gasteiger partial charge is 0.483 e. The lowest BCUT2D eigenvalue weighted by atomic mass is 9.68. The van der Waals surface area contributed by atoms with Gasteiger partial charge >= 0.3 is 0 Å². The van der Waals surface area contributed by atoms with Gasteiger partial charge in [0, 0.05) is 0 Å². The molecule has 1 nitrogen and oxygen atoms in total. The molecule has 2 saturated carbocycles. The second-order valence-electron chi connectivity index (χ2n) is 10.2. The Kier molecular flexibility index (Phi) is 8.22. The Balaban J connectivity index is 1.34. The molecule has 4 rings (SSSR count). The van der Waals surface area contributed by atoms with Gasteiger partial charge in [0.1, 0.15) is 6.61 Å². The highest BCUT2D eigenvalue weighted by atomic mass is 19.1. The molecular weight excluding hydrogens is 414 g/mol. The van der Waals surface area contributed by atoms with E-state index >= 15 is 0 Å². The highest BCUT2D eigenvalue weighted by Crippen LogP contribution is 2.44. The van der Waals surface area contributed by atoms with E-state index in [0.29, 0.717) is 11.5 Å². The van der Waals surface area contributed by atoms with E-state index in [1.165, 1.54) is 88.0 Å². The summed E-state index contributed by atoms with van der Waals surface area (Å²) in [6, 6.07) is 11.0. The van der Waals surface area contributed by atoms with Gasteiger partial charge in [-0.15, -0.1) is 0 Å².